The second-order valence-corrected chi connectivity index (χ2v) is 4.32. The van der Waals surface area contributed by atoms with E-state index in [1.165, 1.54) is 6.20 Å². The molecule has 1 rings (SSSR count). The number of guanidine groups is 1. The second kappa shape index (κ2) is 11.2. The zero-order valence-corrected chi connectivity index (χ0v) is 14.8. The first-order chi connectivity index (χ1) is 9.13. The van der Waals surface area contributed by atoms with Crippen LogP contribution >= 0.6 is 47.2 Å². The van der Waals surface area contributed by atoms with Crippen LogP contribution in [-0.2, 0) is 4.74 Å². The third kappa shape index (κ3) is 7.93. The molecule has 0 spiro atoms. The summed E-state index contributed by atoms with van der Waals surface area (Å²) in [6, 6.07) is 1.57. The Morgan fingerprint density at radius 2 is 2.20 bits per heavy atom. The van der Waals surface area contributed by atoms with Crippen molar-refractivity contribution in [3.8, 4) is 5.88 Å². The Morgan fingerprint density at radius 3 is 2.85 bits per heavy atom. The summed E-state index contributed by atoms with van der Waals surface area (Å²) < 4.78 is 10.2. The van der Waals surface area contributed by atoms with Crippen LogP contribution < -0.4 is 15.8 Å². The van der Waals surface area contributed by atoms with Crippen molar-refractivity contribution < 1.29 is 9.47 Å². The van der Waals surface area contributed by atoms with Gasteiger partial charge in [0, 0.05) is 13.3 Å². The normalized spacial score (nSPS) is 10.8. The van der Waals surface area contributed by atoms with Crippen LogP contribution in [0.1, 0.15) is 0 Å². The number of rotatable bonds is 7. The number of nitrogens with zero attached hydrogens (tertiary/aromatic N) is 2. The molecule has 0 aliphatic rings. The van der Waals surface area contributed by atoms with Gasteiger partial charge in [0.05, 0.1) is 24.7 Å². The minimum absolute atomic E-state index is 0. The van der Waals surface area contributed by atoms with E-state index in [9.17, 15) is 0 Å². The number of hydrogen-bond acceptors (Lipinski definition) is 4. The van der Waals surface area contributed by atoms with Crippen LogP contribution in [-0.4, -0.2) is 44.4 Å². The van der Waals surface area contributed by atoms with Crippen molar-refractivity contribution in [2.75, 3.05) is 33.4 Å². The summed E-state index contributed by atoms with van der Waals surface area (Å²) in [6.07, 6.45) is 1.47. The number of nitrogens with two attached hydrogens (primary N) is 1. The Kier molecular flexibility index (Phi) is 10.9. The first-order valence-corrected chi connectivity index (χ1v) is 6.35. The molecule has 0 unspecified atom stereocenters. The van der Waals surface area contributed by atoms with Gasteiger partial charge in [-0.1, -0.05) is 23.2 Å². The van der Waals surface area contributed by atoms with Crippen molar-refractivity contribution in [1.82, 2.24) is 10.3 Å². The highest BCUT2D eigenvalue weighted by Gasteiger charge is 2.03. The third-order valence-corrected chi connectivity index (χ3v) is 2.48. The topological polar surface area (TPSA) is 81.8 Å². The number of methoxy groups -OCH3 is 1. The van der Waals surface area contributed by atoms with E-state index in [1.807, 2.05) is 0 Å². The van der Waals surface area contributed by atoms with Gasteiger partial charge >= 0.3 is 0 Å². The van der Waals surface area contributed by atoms with Crippen LogP contribution in [0.5, 0.6) is 5.88 Å². The van der Waals surface area contributed by atoms with E-state index in [-0.39, 0.29) is 24.0 Å². The predicted molar refractivity (Wildman–Crippen MR) is 91.5 cm³/mol. The largest absolute Gasteiger partial charge is 0.475 e. The highest BCUT2D eigenvalue weighted by Crippen LogP contribution is 2.24. The van der Waals surface area contributed by atoms with Gasteiger partial charge in [0.1, 0.15) is 11.6 Å². The molecule has 3 N–H and O–H groups in total. The minimum Gasteiger partial charge on any atom is -0.475 e. The van der Waals surface area contributed by atoms with Gasteiger partial charge in [-0.05, 0) is 6.07 Å². The predicted octanol–water partition coefficient (Wildman–Crippen LogP) is 1.94. The third-order valence-electron chi connectivity index (χ3n) is 2.00. The van der Waals surface area contributed by atoms with E-state index in [4.69, 9.17) is 38.4 Å². The van der Waals surface area contributed by atoms with Gasteiger partial charge < -0.3 is 20.5 Å². The molecule has 0 saturated heterocycles. The zero-order chi connectivity index (χ0) is 14.1. The molecule has 9 heteroatoms. The van der Waals surface area contributed by atoms with E-state index >= 15 is 0 Å². The monoisotopic (exact) mass is 434 g/mol. The zero-order valence-electron chi connectivity index (χ0n) is 10.9. The molecule has 20 heavy (non-hydrogen) atoms. The van der Waals surface area contributed by atoms with Gasteiger partial charge in [-0.25, -0.2) is 4.98 Å². The molecule has 0 amide bonds. The number of pyridine rings is 1. The smallest absolute Gasteiger partial charge is 0.232 e. The molecule has 114 valence electrons. The first kappa shape index (κ1) is 19.5. The van der Waals surface area contributed by atoms with Gasteiger partial charge in [-0.3, -0.25) is 4.99 Å². The highest BCUT2D eigenvalue weighted by atomic mass is 127. The molecule has 0 aromatic carbocycles. The summed E-state index contributed by atoms with van der Waals surface area (Å²) in [7, 11) is 1.61. The Labute approximate surface area is 145 Å². The fourth-order valence-electron chi connectivity index (χ4n) is 1.15. The van der Waals surface area contributed by atoms with Crippen molar-refractivity contribution in [3.63, 3.8) is 0 Å². The van der Waals surface area contributed by atoms with Gasteiger partial charge in [0.2, 0.25) is 5.88 Å². The van der Waals surface area contributed by atoms with Crippen LogP contribution in [0, 0.1) is 0 Å². The number of halogens is 3. The molecule has 1 aromatic heterocycles. The molecule has 1 aromatic rings. The molecule has 0 bridgehead atoms. The summed E-state index contributed by atoms with van der Waals surface area (Å²) in [6.45, 7) is 1.89. The van der Waals surface area contributed by atoms with E-state index in [1.54, 1.807) is 13.2 Å². The number of hydrogen-bond donors (Lipinski definition) is 2. The van der Waals surface area contributed by atoms with Crippen LogP contribution in [0.2, 0.25) is 10.0 Å². The lowest BCUT2D eigenvalue weighted by molar-refractivity contribution is 0.208. The average molecular weight is 435 g/mol. The molecule has 0 radical (unpaired) electrons. The summed E-state index contributed by atoms with van der Waals surface area (Å²) in [5.74, 6) is 0.679. The molecular weight excluding hydrogens is 418 g/mol. The van der Waals surface area contributed by atoms with Gasteiger partial charge in [0.15, 0.2) is 5.96 Å². The maximum absolute atomic E-state index is 5.90. The van der Waals surface area contributed by atoms with Crippen molar-refractivity contribution >= 4 is 53.1 Å². The van der Waals surface area contributed by atoms with Crippen molar-refractivity contribution in [2.45, 2.75) is 0 Å². The van der Waals surface area contributed by atoms with Gasteiger partial charge in [-0.15, -0.1) is 24.0 Å². The van der Waals surface area contributed by atoms with E-state index < -0.39 is 0 Å². The molecule has 0 atom stereocenters. The molecule has 1 heterocycles. The number of aromatic nitrogens is 1. The van der Waals surface area contributed by atoms with Crippen molar-refractivity contribution in [3.05, 3.63) is 22.3 Å². The Morgan fingerprint density at radius 1 is 1.45 bits per heavy atom. The van der Waals surface area contributed by atoms with Gasteiger partial charge in [-0.2, -0.15) is 0 Å². The lowest BCUT2D eigenvalue weighted by Gasteiger charge is -2.08. The van der Waals surface area contributed by atoms with E-state index in [0.717, 1.165) is 0 Å². The summed E-state index contributed by atoms with van der Waals surface area (Å²) >= 11 is 11.6. The van der Waals surface area contributed by atoms with Crippen LogP contribution in [0.4, 0.5) is 0 Å². The quantitative estimate of drug-likeness (QED) is 0.296. The molecule has 0 aliphatic carbocycles. The standard InChI is InChI=1S/C11H16Cl2N4O2.HI/c1-18-4-2-15-11(14)16-3-5-19-10-9(13)6-8(12)7-17-10;/h6-7H,2-5H2,1H3,(H3,14,15,16);1H. The van der Waals surface area contributed by atoms with Gasteiger partial charge in [0.25, 0.3) is 0 Å². The first-order valence-electron chi connectivity index (χ1n) is 5.60. The van der Waals surface area contributed by atoms with Crippen LogP contribution in [0.3, 0.4) is 0 Å². The number of nitrogens with one attached hydrogen (secondary N) is 1. The number of ether oxygens (including phenoxy) is 2. The lowest BCUT2D eigenvalue weighted by atomic mass is 10.5. The second-order valence-electron chi connectivity index (χ2n) is 3.48. The minimum atomic E-state index is 0. The molecule has 0 fully saturated rings. The summed E-state index contributed by atoms with van der Waals surface area (Å²) in [4.78, 5) is 7.99. The average Bonchev–Trinajstić information content (AvgIpc) is 2.37. The maximum atomic E-state index is 5.90. The fourth-order valence-corrected chi connectivity index (χ4v) is 1.58. The highest BCUT2D eigenvalue weighted by molar-refractivity contribution is 14.0. The van der Waals surface area contributed by atoms with Crippen molar-refractivity contribution in [1.29, 1.82) is 0 Å². The van der Waals surface area contributed by atoms with Crippen LogP contribution in [0.15, 0.2) is 17.3 Å². The molecule has 6 nitrogen and oxygen atoms in total. The Balaban J connectivity index is 0.00000361. The summed E-state index contributed by atoms with van der Waals surface area (Å²) in [5, 5.41) is 3.73. The molecule has 0 aliphatic heterocycles. The fraction of sp³-hybridized carbons (Fsp3) is 0.455. The Bertz CT molecular complexity index is 435. The van der Waals surface area contributed by atoms with Crippen molar-refractivity contribution in [2.24, 2.45) is 10.7 Å². The molecular formula is C11H17Cl2IN4O2. The Hall–Kier alpha value is -0.510. The lowest BCUT2D eigenvalue weighted by Crippen LogP contribution is -2.35. The number of aliphatic imine (C=N–C) groups is 1. The van der Waals surface area contributed by atoms with E-state index in [2.05, 4.69) is 15.3 Å². The van der Waals surface area contributed by atoms with E-state index in [0.29, 0.717) is 48.2 Å². The SMILES string of the molecule is COCCN=C(N)NCCOc1ncc(Cl)cc1Cl.I. The van der Waals surface area contributed by atoms with Crippen LogP contribution in [0.25, 0.3) is 0 Å². The summed E-state index contributed by atoms with van der Waals surface area (Å²) in [5.41, 5.74) is 5.61. The molecule has 0 saturated carbocycles. The maximum Gasteiger partial charge on any atom is 0.232 e.